The number of likely N-dealkylation sites (tertiary alicyclic amines) is 1. The van der Waals surface area contributed by atoms with Crippen molar-refractivity contribution in [3.8, 4) is 28.4 Å². The molecule has 7 rings (SSSR count). The number of fused-ring (bicyclic) bond motifs is 1. The Kier molecular flexibility index (Phi) is 17.6. The number of carbonyl (C=O) groups excluding carboxylic acids is 4. The Labute approximate surface area is 420 Å². The molecular formula is C52H68FN11O6S. The molecule has 19 heteroatoms. The molecular weight excluding hydrogens is 926 g/mol. The molecule has 1 aliphatic carbocycles. The van der Waals surface area contributed by atoms with E-state index in [0.29, 0.717) is 54.1 Å². The van der Waals surface area contributed by atoms with Gasteiger partial charge in [-0.1, -0.05) is 70.0 Å². The summed E-state index contributed by atoms with van der Waals surface area (Å²) in [6.07, 6.45) is 10.8. The van der Waals surface area contributed by atoms with Gasteiger partial charge >= 0.3 is 0 Å². The maximum absolute atomic E-state index is 14.8. The maximum Gasteiger partial charge on any atom is 0.246 e. The number of nitrogens with zero attached hydrogens (tertiary/aromatic N) is 6. The molecule has 0 radical (unpaired) electrons. The highest BCUT2D eigenvalue weighted by Gasteiger charge is 2.44. The summed E-state index contributed by atoms with van der Waals surface area (Å²) in [6.45, 7) is 11.6. The monoisotopic (exact) mass is 994 g/mol. The molecule has 0 saturated carbocycles. The van der Waals surface area contributed by atoms with Crippen LogP contribution in [0, 0.1) is 17.2 Å². The number of carbonyl (C=O) groups is 4. The van der Waals surface area contributed by atoms with Crippen LogP contribution in [0.25, 0.3) is 33.7 Å². The molecule has 4 heterocycles. The van der Waals surface area contributed by atoms with Crippen LogP contribution in [0.3, 0.4) is 0 Å². The number of piperazine rings is 1. The number of unbranched alkanes of at least 4 members (excludes halogenated alkanes) is 3. The fourth-order valence-electron chi connectivity index (χ4n) is 9.22. The molecule has 380 valence electrons. The van der Waals surface area contributed by atoms with Crippen molar-refractivity contribution in [1.29, 1.82) is 0 Å². The number of ether oxygens (including phenoxy) is 1. The van der Waals surface area contributed by atoms with E-state index >= 15 is 0 Å². The van der Waals surface area contributed by atoms with E-state index in [9.17, 15) is 28.7 Å². The van der Waals surface area contributed by atoms with Crippen LogP contribution in [-0.4, -0.2) is 136 Å². The van der Waals surface area contributed by atoms with Crippen LogP contribution in [0.15, 0.2) is 83.1 Å². The summed E-state index contributed by atoms with van der Waals surface area (Å²) in [5.74, 6) is -0.856. The Bertz CT molecular complexity index is 2640. The van der Waals surface area contributed by atoms with Gasteiger partial charge in [0.25, 0.3) is 0 Å². The van der Waals surface area contributed by atoms with Crippen LogP contribution in [0.2, 0.25) is 0 Å². The molecule has 2 aliphatic heterocycles. The normalized spacial score (nSPS) is 19.3. The third-order valence-corrected chi connectivity index (χ3v) is 14.0. The molecule has 17 nitrogen and oxygen atoms in total. The van der Waals surface area contributed by atoms with E-state index in [1.54, 1.807) is 18.3 Å². The van der Waals surface area contributed by atoms with Crippen LogP contribution in [0.1, 0.15) is 72.6 Å². The van der Waals surface area contributed by atoms with Gasteiger partial charge in [-0.3, -0.25) is 29.2 Å². The van der Waals surface area contributed by atoms with Crippen molar-refractivity contribution in [3.05, 3.63) is 88.9 Å². The summed E-state index contributed by atoms with van der Waals surface area (Å²) in [6, 6.07) is 10.9. The van der Waals surface area contributed by atoms with Crippen LogP contribution in [-0.2, 0) is 19.2 Å². The molecule has 7 N–H and O–H groups in total. The van der Waals surface area contributed by atoms with Gasteiger partial charge in [-0.25, -0.2) is 14.4 Å². The lowest BCUT2D eigenvalue weighted by molar-refractivity contribution is -0.144. The van der Waals surface area contributed by atoms with Crippen molar-refractivity contribution < 1.29 is 33.4 Å². The Morgan fingerprint density at radius 2 is 1.76 bits per heavy atom. The van der Waals surface area contributed by atoms with Crippen molar-refractivity contribution in [1.82, 2.24) is 45.9 Å². The smallest absolute Gasteiger partial charge is 0.246 e. The second-order valence-corrected chi connectivity index (χ2v) is 20.2. The highest BCUT2D eigenvalue weighted by molar-refractivity contribution is 7.84. The lowest BCUT2D eigenvalue weighted by Crippen LogP contribution is -2.57. The fourth-order valence-corrected chi connectivity index (χ4v) is 9.41. The van der Waals surface area contributed by atoms with Gasteiger partial charge in [-0.15, -0.1) is 12.6 Å². The number of rotatable bonds is 19. The summed E-state index contributed by atoms with van der Waals surface area (Å²) in [5, 5.41) is 27.0. The minimum absolute atomic E-state index is 0.00705. The lowest BCUT2D eigenvalue weighted by Gasteiger charge is -2.35. The number of β-amino-alcohol motifs (C(OH)–C–C–N with tert-alkyl or cyclic N) is 1. The number of benzene rings is 2. The first-order valence-corrected chi connectivity index (χ1v) is 24.9. The molecule has 2 fully saturated rings. The van der Waals surface area contributed by atoms with Gasteiger partial charge in [0, 0.05) is 86.4 Å². The van der Waals surface area contributed by atoms with E-state index in [1.807, 2.05) is 70.2 Å². The number of aliphatic hydroxyl groups is 1. The number of H-pyrrole nitrogens is 1. The van der Waals surface area contributed by atoms with Crippen molar-refractivity contribution in [2.75, 3.05) is 64.4 Å². The van der Waals surface area contributed by atoms with Gasteiger partial charge in [-0.05, 0) is 61.4 Å². The number of thiol groups is 1. The minimum atomic E-state index is -0.890. The van der Waals surface area contributed by atoms with Crippen molar-refractivity contribution in [3.63, 3.8) is 0 Å². The first kappa shape index (κ1) is 52.5. The molecule has 3 aliphatic rings. The standard InChI is InChI=1S/C52H68FN11O6S/c1-32(54)47(71)35-16-14-33(15-17-35)28-57-50(68)40-27-37(65)30-64(40)51(69)48(52(2,3)4)58-42(66)13-8-6-7-9-22-55-43(67)31-62-23-25-63(26-24-62)36-20-18-34(19-21-36)45-46-39(60-61-45)29-56-49(59-46)44-38(53)11-10-12-41(44)70-5/h10-12,14-16,18-21,29,35,37,40,48,65,71H,6-9,13,17,22-28,30-31,54H2,1-5H3,(H,55,67)(H,57,68)(H,58,66)(H,60,61)/b47-32-/t35?,37?,40-,48+/m0/s1. The van der Waals surface area contributed by atoms with Crippen LogP contribution in [0.5, 0.6) is 5.75 Å². The van der Waals surface area contributed by atoms with Gasteiger partial charge in [0.1, 0.15) is 40.4 Å². The van der Waals surface area contributed by atoms with Crippen molar-refractivity contribution in [2.45, 2.75) is 90.8 Å². The molecule has 71 heavy (non-hydrogen) atoms. The molecule has 2 aromatic carbocycles. The number of nitrogens with two attached hydrogens (primary N) is 1. The highest BCUT2D eigenvalue weighted by atomic mass is 32.1. The van der Waals surface area contributed by atoms with Gasteiger partial charge < -0.3 is 41.3 Å². The number of hydrogen-bond acceptors (Lipinski definition) is 13. The summed E-state index contributed by atoms with van der Waals surface area (Å²) < 4.78 is 20.2. The number of allylic oxidation sites excluding steroid dienone is 4. The van der Waals surface area contributed by atoms with E-state index < -0.39 is 35.3 Å². The van der Waals surface area contributed by atoms with E-state index in [4.69, 9.17) is 10.5 Å². The summed E-state index contributed by atoms with van der Waals surface area (Å²) in [5.41, 5.74) is 10.8. The highest BCUT2D eigenvalue weighted by Crippen LogP contribution is 2.34. The number of aromatic nitrogens is 4. The molecule has 2 unspecified atom stereocenters. The SMILES string of the molecule is COc1cccc(F)c1-c1ncc2[nH]nc(-c3ccc(N4CCN(CC(=O)NCCCCCCC(=O)N[C@H](C(=O)N5CC(O)C[C@H]5C(=O)NCC5=CCC(/C(S)=C(\C)N)C=C5)C(C)(C)C)CC4)cc3)c2n1. The summed E-state index contributed by atoms with van der Waals surface area (Å²) in [4.78, 5) is 69.1. The molecule has 0 spiro atoms. The van der Waals surface area contributed by atoms with E-state index in [-0.39, 0.29) is 61.0 Å². The number of aromatic amines is 1. The average molecular weight is 994 g/mol. The van der Waals surface area contributed by atoms with E-state index in [0.717, 1.165) is 67.2 Å². The van der Waals surface area contributed by atoms with Gasteiger partial charge in [0.05, 0.1) is 31.5 Å². The molecule has 2 aromatic heterocycles. The second-order valence-electron chi connectivity index (χ2n) is 19.7. The van der Waals surface area contributed by atoms with Crippen molar-refractivity contribution >= 4 is 53.0 Å². The Morgan fingerprint density at radius 3 is 2.45 bits per heavy atom. The zero-order chi connectivity index (χ0) is 50.8. The lowest BCUT2D eigenvalue weighted by atomic mass is 9.85. The molecule has 2 saturated heterocycles. The average Bonchev–Trinajstić information content (AvgIpc) is 3.97. The number of hydrogen-bond donors (Lipinski definition) is 7. The third-order valence-electron chi connectivity index (χ3n) is 13.3. The topological polar surface area (TPSA) is 224 Å². The van der Waals surface area contributed by atoms with E-state index in [2.05, 4.69) is 58.5 Å². The zero-order valence-corrected chi connectivity index (χ0v) is 42.2. The first-order chi connectivity index (χ1) is 34.0. The first-order valence-electron chi connectivity index (χ1n) is 24.5. The number of halogens is 1. The number of nitrogens with one attached hydrogen (secondary N) is 4. The summed E-state index contributed by atoms with van der Waals surface area (Å²) in [7, 11) is 1.48. The molecule has 4 amide bonds. The van der Waals surface area contributed by atoms with Gasteiger partial charge in [0.2, 0.25) is 23.6 Å². The number of aliphatic hydroxyl groups excluding tert-OH is 1. The Balaban J connectivity index is 0.785. The van der Waals surface area contributed by atoms with Gasteiger partial charge in [-0.2, -0.15) is 5.10 Å². The number of anilines is 1. The molecule has 4 aromatic rings. The Hall–Kier alpha value is -6.31. The minimum Gasteiger partial charge on any atom is -0.496 e. The van der Waals surface area contributed by atoms with Crippen LogP contribution >= 0.6 is 12.6 Å². The quantitative estimate of drug-likeness (QED) is 0.0473. The van der Waals surface area contributed by atoms with Gasteiger partial charge in [0.15, 0.2) is 5.82 Å². The summed E-state index contributed by atoms with van der Waals surface area (Å²) >= 11 is 4.51. The van der Waals surface area contributed by atoms with E-state index in [1.165, 1.54) is 18.1 Å². The third kappa shape index (κ3) is 13.4. The predicted molar refractivity (Wildman–Crippen MR) is 276 cm³/mol. The number of methoxy groups -OCH3 is 1. The van der Waals surface area contributed by atoms with Crippen LogP contribution < -0.4 is 31.3 Å². The fraction of sp³-hybridized carbons (Fsp3) is 0.481. The number of amides is 4. The molecule has 0 bridgehead atoms. The van der Waals surface area contributed by atoms with Crippen molar-refractivity contribution in [2.24, 2.45) is 17.1 Å². The predicted octanol–water partition coefficient (Wildman–Crippen LogP) is 5.25. The Morgan fingerprint density at radius 1 is 1.01 bits per heavy atom. The molecule has 4 atom stereocenters. The van der Waals surface area contributed by atoms with Crippen LogP contribution in [0.4, 0.5) is 10.1 Å². The largest absolute Gasteiger partial charge is 0.496 e. The zero-order valence-electron chi connectivity index (χ0n) is 41.3. The maximum atomic E-state index is 14.8. The second kappa shape index (κ2) is 23.7.